The highest BCUT2D eigenvalue weighted by molar-refractivity contribution is 5.75. The zero-order valence-corrected chi connectivity index (χ0v) is 9.04. The molecule has 0 aliphatic carbocycles. The molecule has 0 aromatic heterocycles. The Morgan fingerprint density at radius 1 is 1.40 bits per heavy atom. The van der Waals surface area contributed by atoms with Gasteiger partial charge in [-0.05, 0) is 25.8 Å². The lowest BCUT2D eigenvalue weighted by molar-refractivity contribution is -0.148. The Bertz CT molecular complexity index is 208. The first kappa shape index (κ1) is 10.9. The monoisotopic (exact) mass is 213 g/mol. The van der Waals surface area contributed by atoms with Gasteiger partial charge in [0, 0.05) is 12.5 Å². The number of hydrogen-bond acceptors (Lipinski definition) is 4. The summed E-state index contributed by atoms with van der Waals surface area (Å²) in [6.45, 7) is 3.01. The summed E-state index contributed by atoms with van der Waals surface area (Å²) in [5, 5.41) is 3.19. The average Bonchev–Trinajstić information content (AvgIpc) is 2.80. The number of piperidine rings is 1. The number of hydrogen-bond donors (Lipinski definition) is 1. The van der Waals surface area contributed by atoms with Crippen molar-refractivity contribution in [3.63, 3.8) is 0 Å². The highest BCUT2D eigenvalue weighted by Gasteiger charge is 2.24. The van der Waals surface area contributed by atoms with Gasteiger partial charge >= 0.3 is 5.97 Å². The lowest BCUT2D eigenvalue weighted by Gasteiger charge is -2.22. The van der Waals surface area contributed by atoms with E-state index in [0.717, 1.165) is 39.0 Å². The van der Waals surface area contributed by atoms with Gasteiger partial charge < -0.3 is 14.8 Å². The zero-order valence-electron chi connectivity index (χ0n) is 9.04. The topological polar surface area (TPSA) is 47.6 Å². The van der Waals surface area contributed by atoms with Crippen molar-refractivity contribution in [2.45, 2.75) is 31.7 Å². The Kier molecular flexibility index (Phi) is 3.97. The highest BCUT2D eigenvalue weighted by Crippen LogP contribution is 2.14. The van der Waals surface area contributed by atoms with E-state index >= 15 is 0 Å². The van der Waals surface area contributed by atoms with Crippen LogP contribution in [0.5, 0.6) is 0 Å². The maximum Gasteiger partial charge on any atom is 0.323 e. The third kappa shape index (κ3) is 3.18. The van der Waals surface area contributed by atoms with Gasteiger partial charge in [-0.2, -0.15) is 0 Å². The molecule has 4 heteroatoms. The van der Waals surface area contributed by atoms with Crippen LogP contribution in [0.3, 0.4) is 0 Å². The number of carbonyl (C=O) groups excluding carboxylic acids is 1. The Balaban J connectivity index is 1.66. The van der Waals surface area contributed by atoms with Crippen LogP contribution in [-0.4, -0.2) is 38.4 Å². The summed E-state index contributed by atoms with van der Waals surface area (Å²) in [5.74, 6) is 0.333. The second-order valence-electron chi connectivity index (χ2n) is 4.36. The van der Waals surface area contributed by atoms with Crippen molar-refractivity contribution < 1.29 is 14.3 Å². The van der Waals surface area contributed by atoms with Crippen LogP contribution >= 0.6 is 0 Å². The summed E-state index contributed by atoms with van der Waals surface area (Å²) in [5.41, 5.74) is 0. The van der Waals surface area contributed by atoms with Crippen LogP contribution in [0, 0.1) is 5.92 Å². The molecule has 4 nitrogen and oxygen atoms in total. The molecular formula is C11H19NO3. The standard InChI is InChI=1S/C11H19NO3/c13-11(10-3-1-2-5-12-10)15-8-9-4-6-14-7-9/h9-10,12H,1-8H2/t9?,10-/m1/s1. The summed E-state index contributed by atoms with van der Waals surface area (Å²) < 4.78 is 10.5. The molecule has 0 bridgehead atoms. The highest BCUT2D eigenvalue weighted by atomic mass is 16.5. The largest absolute Gasteiger partial charge is 0.464 e. The van der Waals surface area contributed by atoms with Crippen molar-refractivity contribution in [2.75, 3.05) is 26.4 Å². The van der Waals surface area contributed by atoms with E-state index in [-0.39, 0.29) is 12.0 Å². The first-order chi connectivity index (χ1) is 7.36. The average molecular weight is 213 g/mol. The minimum absolute atomic E-state index is 0.0685. The number of ether oxygens (including phenoxy) is 2. The molecule has 1 unspecified atom stereocenters. The van der Waals surface area contributed by atoms with Crippen LogP contribution < -0.4 is 5.32 Å². The summed E-state index contributed by atoms with van der Waals surface area (Å²) >= 11 is 0. The van der Waals surface area contributed by atoms with Gasteiger partial charge in [0.05, 0.1) is 13.2 Å². The molecule has 86 valence electrons. The summed E-state index contributed by atoms with van der Waals surface area (Å²) in [4.78, 5) is 11.6. The zero-order chi connectivity index (χ0) is 10.5. The van der Waals surface area contributed by atoms with E-state index in [1.54, 1.807) is 0 Å². The van der Waals surface area contributed by atoms with Crippen molar-refractivity contribution in [3.05, 3.63) is 0 Å². The number of carbonyl (C=O) groups is 1. The van der Waals surface area contributed by atoms with E-state index in [0.29, 0.717) is 12.5 Å². The second-order valence-corrected chi connectivity index (χ2v) is 4.36. The van der Waals surface area contributed by atoms with Crippen molar-refractivity contribution in [1.29, 1.82) is 0 Å². The SMILES string of the molecule is O=C(OCC1CCOC1)[C@H]1CCCCN1. The van der Waals surface area contributed by atoms with Gasteiger partial charge in [-0.3, -0.25) is 4.79 Å². The molecular weight excluding hydrogens is 194 g/mol. The summed E-state index contributed by atoms with van der Waals surface area (Å²) in [6, 6.07) is -0.0685. The molecule has 15 heavy (non-hydrogen) atoms. The quantitative estimate of drug-likeness (QED) is 0.701. The number of rotatable bonds is 3. The molecule has 0 spiro atoms. The van der Waals surface area contributed by atoms with Crippen LogP contribution in [0.25, 0.3) is 0 Å². The molecule has 0 aromatic rings. The molecule has 2 aliphatic rings. The fourth-order valence-corrected chi connectivity index (χ4v) is 2.07. The Hall–Kier alpha value is -0.610. The second kappa shape index (κ2) is 5.47. The van der Waals surface area contributed by atoms with Gasteiger partial charge in [0.1, 0.15) is 6.04 Å². The minimum atomic E-state index is -0.0819. The number of esters is 1. The smallest absolute Gasteiger partial charge is 0.323 e. The fraction of sp³-hybridized carbons (Fsp3) is 0.909. The Morgan fingerprint density at radius 2 is 2.33 bits per heavy atom. The maximum absolute atomic E-state index is 11.6. The van der Waals surface area contributed by atoms with Gasteiger partial charge in [-0.15, -0.1) is 0 Å². The first-order valence-corrected chi connectivity index (χ1v) is 5.84. The molecule has 2 aliphatic heterocycles. The first-order valence-electron chi connectivity index (χ1n) is 5.84. The van der Waals surface area contributed by atoms with Gasteiger partial charge in [0.15, 0.2) is 0 Å². The van der Waals surface area contributed by atoms with Gasteiger partial charge in [0.2, 0.25) is 0 Å². The molecule has 0 radical (unpaired) electrons. The van der Waals surface area contributed by atoms with E-state index in [9.17, 15) is 4.79 Å². The molecule has 2 rings (SSSR count). The molecule has 2 heterocycles. The third-order valence-electron chi connectivity index (χ3n) is 3.08. The molecule has 0 saturated carbocycles. The lowest BCUT2D eigenvalue weighted by atomic mass is 10.1. The van der Waals surface area contributed by atoms with E-state index in [1.807, 2.05) is 0 Å². The van der Waals surface area contributed by atoms with Crippen LogP contribution in [0.15, 0.2) is 0 Å². The predicted molar refractivity (Wildman–Crippen MR) is 55.5 cm³/mol. The van der Waals surface area contributed by atoms with Crippen LogP contribution in [0.1, 0.15) is 25.7 Å². The molecule has 2 fully saturated rings. The van der Waals surface area contributed by atoms with E-state index < -0.39 is 0 Å². The van der Waals surface area contributed by atoms with Crippen molar-refractivity contribution in [1.82, 2.24) is 5.32 Å². The normalized spacial score (nSPS) is 31.5. The molecule has 0 amide bonds. The lowest BCUT2D eigenvalue weighted by Crippen LogP contribution is -2.41. The summed E-state index contributed by atoms with van der Waals surface area (Å²) in [7, 11) is 0. The molecule has 2 saturated heterocycles. The Morgan fingerprint density at radius 3 is 3.00 bits per heavy atom. The van der Waals surface area contributed by atoms with Gasteiger partial charge in [-0.1, -0.05) is 6.42 Å². The Labute approximate surface area is 90.3 Å². The molecule has 2 atom stereocenters. The predicted octanol–water partition coefficient (Wildman–Crippen LogP) is 0.708. The van der Waals surface area contributed by atoms with Crippen LogP contribution in [-0.2, 0) is 14.3 Å². The third-order valence-corrected chi connectivity index (χ3v) is 3.08. The van der Waals surface area contributed by atoms with Crippen LogP contribution in [0.2, 0.25) is 0 Å². The van der Waals surface area contributed by atoms with E-state index in [4.69, 9.17) is 9.47 Å². The van der Waals surface area contributed by atoms with Crippen molar-refractivity contribution in [2.24, 2.45) is 5.92 Å². The van der Waals surface area contributed by atoms with E-state index in [2.05, 4.69) is 5.32 Å². The minimum Gasteiger partial charge on any atom is -0.464 e. The molecule has 1 N–H and O–H groups in total. The summed E-state index contributed by atoms with van der Waals surface area (Å²) in [6.07, 6.45) is 4.23. The van der Waals surface area contributed by atoms with Crippen LogP contribution in [0.4, 0.5) is 0 Å². The molecule has 0 aromatic carbocycles. The maximum atomic E-state index is 11.6. The van der Waals surface area contributed by atoms with Crippen molar-refractivity contribution >= 4 is 5.97 Å². The van der Waals surface area contributed by atoms with E-state index in [1.165, 1.54) is 6.42 Å². The number of nitrogens with one attached hydrogen (secondary N) is 1. The van der Waals surface area contributed by atoms with Gasteiger partial charge in [0.25, 0.3) is 0 Å². The van der Waals surface area contributed by atoms with Gasteiger partial charge in [-0.25, -0.2) is 0 Å². The van der Waals surface area contributed by atoms with Crippen molar-refractivity contribution in [3.8, 4) is 0 Å². The fourth-order valence-electron chi connectivity index (χ4n) is 2.07.